The summed E-state index contributed by atoms with van der Waals surface area (Å²) in [5.74, 6) is 1.37. The van der Waals surface area contributed by atoms with Crippen LogP contribution in [0.25, 0.3) is 22.2 Å². The van der Waals surface area contributed by atoms with Crippen LogP contribution in [0.3, 0.4) is 0 Å². The SMILES string of the molecule is CNc1cc2c(cn1)c(-c1cnn(C)c1)nn2[C@H]1CC[C@@H](Oc2nn(C)c(=O)c(C)c2C)CC1. The summed E-state index contributed by atoms with van der Waals surface area (Å²) in [5.41, 5.74) is 4.36. The molecule has 1 aliphatic carbocycles. The quantitative estimate of drug-likeness (QED) is 0.486. The van der Waals surface area contributed by atoms with Gasteiger partial charge in [-0.1, -0.05) is 0 Å². The fourth-order valence-corrected chi connectivity index (χ4v) is 4.70. The zero-order valence-corrected chi connectivity index (χ0v) is 20.2. The van der Waals surface area contributed by atoms with E-state index in [1.54, 1.807) is 11.7 Å². The molecule has 1 N–H and O–H groups in total. The molecule has 0 saturated heterocycles. The maximum Gasteiger partial charge on any atom is 0.269 e. The van der Waals surface area contributed by atoms with Crippen LogP contribution in [0.1, 0.15) is 42.9 Å². The van der Waals surface area contributed by atoms with Gasteiger partial charge in [0.05, 0.1) is 17.8 Å². The lowest BCUT2D eigenvalue weighted by Gasteiger charge is -2.29. The lowest BCUT2D eigenvalue weighted by atomic mass is 9.93. The van der Waals surface area contributed by atoms with E-state index in [0.29, 0.717) is 11.4 Å². The Hall–Kier alpha value is -3.69. The van der Waals surface area contributed by atoms with Crippen molar-refractivity contribution in [2.24, 2.45) is 14.1 Å². The number of fused-ring (bicyclic) bond motifs is 1. The summed E-state index contributed by atoms with van der Waals surface area (Å²) in [4.78, 5) is 16.6. The molecule has 0 aliphatic heterocycles. The van der Waals surface area contributed by atoms with Crippen molar-refractivity contribution in [2.75, 3.05) is 12.4 Å². The average Bonchev–Trinajstić information content (AvgIpc) is 3.44. The topological polar surface area (TPSA) is 105 Å². The Kier molecular flexibility index (Phi) is 5.59. The molecule has 0 bridgehead atoms. The Labute approximate surface area is 197 Å². The number of rotatable bonds is 5. The second-order valence-corrected chi connectivity index (χ2v) is 9.06. The highest BCUT2D eigenvalue weighted by atomic mass is 16.5. The van der Waals surface area contributed by atoms with Crippen molar-refractivity contribution in [3.8, 4) is 17.1 Å². The monoisotopic (exact) mass is 462 g/mol. The van der Waals surface area contributed by atoms with Gasteiger partial charge in [0, 0.05) is 61.7 Å². The van der Waals surface area contributed by atoms with Crippen molar-refractivity contribution in [1.82, 2.24) is 34.3 Å². The minimum atomic E-state index is -0.0843. The van der Waals surface area contributed by atoms with Gasteiger partial charge in [0.25, 0.3) is 5.56 Å². The molecule has 5 rings (SSSR count). The molecule has 1 saturated carbocycles. The van der Waals surface area contributed by atoms with Gasteiger partial charge in [-0.15, -0.1) is 5.10 Å². The highest BCUT2D eigenvalue weighted by Gasteiger charge is 2.28. The van der Waals surface area contributed by atoms with Crippen molar-refractivity contribution in [2.45, 2.75) is 51.7 Å². The van der Waals surface area contributed by atoms with Gasteiger partial charge in [-0.2, -0.15) is 10.2 Å². The Bertz CT molecular complexity index is 1410. The predicted molar refractivity (Wildman–Crippen MR) is 130 cm³/mol. The van der Waals surface area contributed by atoms with Crippen molar-refractivity contribution in [1.29, 1.82) is 0 Å². The van der Waals surface area contributed by atoms with Crippen LogP contribution in [-0.4, -0.2) is 47.5 Å². The molecule has 0 spiro atoms. The second-order valence-electron chi connectivity index (χ2n) is 9.06. The number of nitrogens with zero attached hydrogens (tertiary/aromatic N) is 7. The van der Waals surface area contributed by atoms with Crippen LogP contribution >= 0.6 is 0 Å². The molecule has 4 heterocycles. The van der Waals surface area contributed by atoms with Gasteiger partial charge in [0.15, 0.2) is 0 Å². The van der Waals surface area contributed by atoms with Crippen LogP contribution in [0.4, 0.5) is 5.82 Å². The third kappa shape index (κ3) is 3.82. The molecule has 0 radical (unpaired) electrons. The number of hydrogen-bond acceptors (Lipinski definition) is 7. The molecule has 0 aromatic carbocycles. The molecule has 178 valence electrons. The number of anilines is 1. The molecule has 0 unspecified atom stereocenters. The molecular weight excluding hydrogens is 432 g/mol. The van der Waals surface area contributed by atoms with E-state index in [1.807, 2.05) is 46.5 Å². The Morgan fingerprint density at radius 1 is 1.06 bits per heavy atom. The van der Waals surface area contributed by atoms with E-state index in [9.17, 15) is 4.79 Å². The van der Waals surface area contributed by atoms with Crippen molar-refractivity contribution >= 4 is 16.7 Å². The van der Waals surface area contributed by atoms with Gasteiger partial charge in [-0.05, 0) is 39.5 Å². The first kappa shape index (κ1) is 22.1. The first-order valence-electron chi connectivity index (χ1n) is 11.6. The fraction of sp³-hybridized carbons (Fsp3) is 0.458. The molecule has 4 aromatic rings. The van der Waals surface area contributed by atoms with Gasteiger partial charge in [0.1, 0.15) is 17.6 Å². The van der Waals surface area contributed by atoms with Crippen LogP contribution in [0.2, 0.25) is 0 Å². The largest absolute Gasteiger partial charge is 0.473 e. The van der Waals surface area contributed by atoms with E-state index in [2.05, 4.69) is 31.2 Å². The smallest absolute Gasteiger partial charge is 0.269 e. The molecule has 10 nitrogen and oxygen atoms in total. The maximum absolute atomic E-state index is 12.1. The lowest BCUT2D eigenvalue weighted by molar-refractivity contribution is 0.122. The van der Waals surface area contributed by atoms with E-state index in [4.69, 9.17) is 9.84 Å². The maximum atomic E-state index is 12.1. The molecule has 10 heteroatoms. The molecule has 0 atom stereocenters. The van der Waals surface area contributed by atoms with E-state index < -0.39 is 0 Å². The van der Waals surface area contributed by atoms with Gasteiger partial charge >= 0.3 is 0 Å². The van der Waals surface area contributed by atoms with Crippen molar-refractivity contribution in [3.63, 3.8) is 0 Å². The van der Waals surface area contributed by atoms with Crippen LogP contribution in [0, 0.1) is 13.8 Å². The summed E-state index contributed by atoms with van der Waals surface area (Å²) in [6.45, 7) is 3.72. The summed E-state index contributed by atoms with van der Waals surface area (Å²) < 4.78 is 11.5. The number of hydrogen-bond donors (Lipinski definition) is 1. The lowest BCUT2D eigenvalue weighted by Crippen LogP contribution is -2.29. The summed E-state index contributed by atoms with van der Waals surface area (Å²) in [6, 6.07) is 2.32. The first-order chi connectivity index (χ1) is 16.4. The molecule has 34 heavy (non-hydrogen) atoms. The van der Waals surface area contributed by atoms with E-state index >= 15 is 0 Å². The van der Waals surface area contributed by atoms with Gasteiger partial charge in [0.2, 0.25) is 5.88 Å². The third-order valence-corrected chi connectivity index (χ3v) is 6.83. The van der Waals surface area contributed by atoms with E-state index in [1.165, 1.54) is 4.68 Å². The fourth-order valence-electron chi connectivity index (χ4n) is 4.70. The number of nitrogens with one attached hydrogen (secondary N) is 1. The minimum absolute atomic E-state index is 0.0634. The number of aromatic nitrogens is 7. The van der Waals surface area contributed by atoms with Gasteiger partial charge in [-0.25, -0.2) is 9.67 Å². The highest BCUT2D eigenvalue weighted by Crippen LogP contribution is 2.36. The first-order valence-corrected chi connectivity index (χ1v) is 11.6. The highest BCUT2D eigenvalue weighted by molar-refractivity contribution is 5.93. The van der Waals surface area contributed by atoms with Crippen LogP contribution in [-0.2, 0) is 14.1 Å². The number of aryl methyl sites for hydroxylation is 2. The Morgan fingerprint density at radius 2 is 1.82 bits per heavy atom. The Balaban J connectivity index is 1.40. The van der Waals surface area contributed by atoms with Gasteiger partial charge < -0.3 is 10.1 Å². The summed E-state index contributed by atoms with van der Waals surface area (Å²) in [7, 11) is 5.44. The molecule has 1 aliphatic rings. The average molecular weight is 463 g/mol. The molecular formula is C24H30N8O2. The second kappa shape index (κ2) is 8.58. The van der Waals surface area contributed by atoms with Crippen molar-refractivity contribution in [3.05, 3.63) is 46.1 Å². The number of pyridine rings is 1. The number of ether oxygens (including phenoxy) is 1. The van der Waals surface area contributed by atoms with E-state index in [0.717, 1.165) is 59.2 Å². The minimum Gasteiger partial charge on any atom is -0.473 e. The normalized spacial score (nSPS) is 18.4. The summed E-state index contributed by atoms with van der Waals surface area (Å²) in [6.07, 6.45) is 9.43. The van der Waals surface area contributed by atoms with Crippen LogP contribution in [0.5, 0.6) is 5.88 Å². The summed E-state index contributed by atoms with van der Waals surface area (Å²) >= 11 is 0. The zero-order chi connectivity index (χ0) is 24.0. The predicted octanol–water partition coefficient (Wildman–Crippen LogP) is 3.15. The van der Waals surface area contributed by atoms with Crippen LogP contribution < -0.4 is 15.6 Å². The van der Waals surface area contributed by atoms with Crippen molar-refractivity contribution < 1.29 is 4.74 Å². The standard InChI is InChI=1S/C24H30N8O2/c1-14-15(2)24(33)31(5)29-23(14)34-18-8-6-17(7-9-18)32-20-10-21(25-3)26-12-19(20)22(28-32)16-11-27-30(4)13-16/h10-13,17-18H,6-9H2,1-5H3,(H,25,26)/t17-,18+. The van der Waals surface area contributed by atoms with Crippen LogP contribution in [0.15, 0.2) is 29.5 Å². The summed E-state index contributed by atoms with van der Waals surface area (Å²) in [5, 5.41) is 17.9. The zero-order valence-electron chi connectivity index (χ0n) is 20.2. The third-order valence-electron chi connectivity index (χ3n) is 6.83. The molecule has 1 fully saturated rings. The molecule has 0 amide bonds. The van der Waals surface area contributed by atoms with Gasteiger partial charge in [-0.3, -0.25) is 14.2 Å². The Morgan fingerprint density at radius 3 is 2.50 bits per heavy atom. The molecule has 4 aromatic heterocycles. The van der Waals surface area contributed by atoms with E-state index in [-0.39, 0.29) is 17.7 Å².